The molecule has 2 fully saturated rings. The number of halogens is 1. The van der Waals surface area contributed by atoms with Crippen LogP contribution in [-0.2, 0) is 31.0 Å². The highest BCUT2D eigenvalue weighted by Gasteiger charge is 2.46. The summed E-state index contributed by atoms with van der Waals surface area (Å²) >= 11 is 6.28. The lowest BCUT2D eigenvalue weighted by Gasteiger charge is -2.40. The third-order valence-corrected chi connectivity index (χ3v) is 7.90. The van der Waals surface area contributed by atoms with E-state index in [4.69, 9.17) is 11.6 Å². The van der Waals surface area contributed by atoms with Crippen LogP contribution in [0.1, 0.15) is 37.3 Å². The molecule has 2 aromatic rings. The van der Waals surface area contributed by atoms with Crippen LogP contribution in [0.4, 0.5) is 5.69 Å². The molecule has 2 N–H and O–H groups in total. The van der Waals surface area contributed by atoms with E-state index in [0.717, 1.165) is 16.8 Å². The van der Waals surface area contributed by atoms with Gasteiger partial charge in [0, 0.05) is 49.1 Å². The maximum atomic E-state index is 13.1. The fraction of sp³-hybridized carbons (Fsp3) is 0.407. The minimum absolute atomic E-state index is 0.0152. The summed E-state index contributed by atoms with van der Waals surface area (Å²) in [5.41, 5.74) is 2.65. The Morgan fingerprint density at radius 2 is 1.67 bits per heavy atom. The Kier molecular flexibility index (Phi) is 6.47. The Morgan fingerprint density at radius 1 is 1.00 bits per heavy atom. The van der Waals surface area contributed by atoms with Gasteiger partial charge in [-0.05, 0) is 42.2 Å². The second-order valence-corrected chi connectivity index (χ2v) is 10.4. The molecule has 0 radical (unpaired) electrons. The molecule has 2 atom stereocenters. The van der Waals surface area contributed by atoms with Gasteiger partial charge < -0.3 is 20.4 Å². The van der Waals surface area contributed by atoms with E-state index in [1.807, 2.05) is 42.5 Å². The highest BCUT2D eigenvalue weighted by molar-refractivity contribution is 6.30. The lowest BCUT2D eigenvalue weighted by Crippen LogP contribution is -2.63. The highest BCUT2D eigenvalue weighted by Crippen LogP contribution is 2.48. The van der Waals surface area contributed by atoms with Gasteiger partial charge in [0.2, 0.25) is 23.6 Å². The molecule has 0 saturated carbocycles. The summed E-state index contributed by atoms with van der Waals surface area (Å²) in [6.45, 7) is 3.15. The number of rotatable bonds is 4. The van der Waals surface area contributed by atoms with Gasteiger partial charge in [-0.2, -0.15) is 0 Å². The van der Waals surface area contributed by atoms with Crippen LogP contribution in [0.15, 0.2) is 48.5 Å². The van der Waals surface area contributed by atoms with Crippen LogP contribution >= 0.6 is 11.6 Å². The quantitative estimate of drug-likeness (QED) is 0.661. The third-order valence-electron chi connectivity index (χ3n) is 7.66. The summed E-state index contributed by atoms with van der Waals surface area (Å²) in [5, 5.41) is 6.13. The van der Waals surface area contributed by atoms with Crippen molar-refractivity contribution in [3.63, 3.8) is 0 Å². The predicted molar refractivity (Wildman–Crippen MR) is 136 cm³/mol. The zero-order valence-corrected chi connectivity index (χ0v) is 20.9. The van der Waals surface area contributed by atoms with E-state index in [0.29, 0.717) is 43.9 Å². The Labute approximate surface area is 215 Å². The fourth-order valence-corrected chi connectivity index (χ4v) is 5.82. The number of likely N-dealkylation sites (tertiary alicyclic amines) is 1. The van der Waals surface area contributed by atoms with Crippen molar-refractivity contribution >= 4 is 40.9 Å². The number of hydrogen-bond donors (Lipinski definition) is 2. The van der Waals surface area contributed by atoms with E-state index in [1.54, 1.807) is 22.8 Å². The SMILES string of the molecule is CC(=O)N1CC2(CCN(C(=O)C[C@@H]3NC(=O)[C@H](Cc4ccccc4)NC3=O)CC2)c2cc(Cl)ccc21. The Bertz CT molecular complexity index is 1210. The molecule has 188 valence electrons. The number of benzene rings is 2. The number of nitrogens with zero attached hydrogens (tertiary/aromatic N) is 2. The van der Waals surface area contributed by atoms with Crippen LogP contribution in [0.2, 0.25) is 5.02 Å². The molecule has 9 heteroatoms. The van der Waals surface area contributed by atoms with Gasteiger partial charge >= 0.3 is 0 Å². The number of hydrogen-bond acceptors (Lipinski definition) is 4. The monoisotopic (exact) mass is 508 g/mol. The smallest absolute Gasteiger partial charge is 0.243 e. The van der Waals surface area contributed by atoms with Crippen LogP contribution in [0.5, 0.6) is 0 Å². The molecule has 3 aliphatic heterocycles. The van der Waals surface area contributed by atoms with Crippen molar-refractivity contribution < 1.29 is 19.2 Å². The van der Waals surface area contributed by atoms with Crippen molar-refractivity contribution in [1.29, 1.82) is 0 Å². The highest BCUT2D eigenvalue weighted by atomic mass is 35.5. The molecular weight excluding hydrogens is 480 g/mol. The molecule has 8 nitrogen and oxygen atoms in total. The van der Waals surface area contributed by atoms with Crippen LogP contribution in [-0.4, -0.2) is 60.2 Å². The molecule has 1 spiro atoms. The summed E-state index contributed by atoms with van der Waals surface area (Å²) < 4.78 is 0. The van der Waals surface area contributed by atoms with E-state index >= 15 is 0 Å². The van der Waals surface area contributed by atoms with Crippen molar-refractivity contribution in [1.82, 2.24) is 15.5 Å². The van der Waals surface area contributed by atoms with Gasteiger partial charge in [-0.25, -0.2) is 0 Å². The number of amides is 4. The molecule has 0 unspecified atom stereocenters. The topological polar surface area (TPSA) is 98.8 Å². The van der Waals surface area contributed by atoms with Gasteiger partial charge in [-0.1, -0.05) is 41.9 Å². The second kappa shape index (κ2) is 9.58. The third kappa shape index (κ3) is 4.57. The first-order valence-electron chi connectivity index (χ1n) is 12.3. The number of anilines is 1. The van der Waals surface area contributed by atoms with Crippen LogP contribution in [0.25, 0.3) is 0 Å². The first kappa shape index (κ1) is 24.3. The number of piperidine rings is 1. The van der Waals surface area contributed by atoms with Crippen LogP contribution in [0, 0.1) is 0 Å². The first-order valence-corrected chi connectivity index (χ1v) is 12.6. The largest absolute Gasteiger partial charge is 0.343 e. The summed E-state index contributed by atoms with van der Waals surface area (Å²) in [4.78, 5) is 54.2. The summed E-state index contributed by atoms with van der Waals surface area (Å²) in [7, 11) is 0. The zero-order valence-electron chi connectivity index (χ0n) is 20.1. The van der Waals surface area contributed by atoms with E-state index in [2.05, 4.69) is 10.6 Å². The molecule has 0 aliphatic carbocycles. The molecule has 3 aliphatic rings. The van der Waals surface area contributed by atoms with Crippen molar-refractivity contribution in [3.05, 3.63) is 64.7 Å². The minimum atomic E-state index is -0.882. The average molecular weight is 509 g/mol. The molecule has 5 rings (SSSR count). The van der Waals surface area contributed by atoms with Gasteiger partial charge in [0.15, 0.2) is 0 Å². The first-order chi connectivity index (χ1) is 17.3. The van der Waals surface area contributed by atoms with Gasteiger partial charge in [0.25, 0.3) is 0 Å². The molecule has 0 aromatic heterocycles. The van der Waals surface area contributed by atoms with Crippen molar-refractivity contribution in [2.75, 3.05) is 24.5 Å². The number of piperazine rings is 1. The molecule has 3 heterocycles. The maximum Gasteiger partial charge on any atom is 0.243 e. The zero-order chi connectivity index (χ0) is 25.4. The van der Waals surface area contributed by atoms with E-state index in [1.165, 1.54) is 0 Å². The molecule has 4 amide bonds. The normalized spacial score (nSPS) is 22.7. The summed E-state index contributed by atoms with van der Waals surface area (Å²) in [5.74, 6) is -0.801. The number of fused-ring (bicyclic) bond motifs is 2. The molecule has 2 aromatic carbocycles. The minimum Gasteiger partial charge on any atom is -0.343 e. The molecular formula is C27H29ClN4O4. The van der Waals surface area contributed by atoms with Crippen molar-refractivity contribution in [2.45, 2.75) is 50.1 Å². The lowest BCUT2D eigenvalue weighted by atomic mass is 9.74. The average Bonchev–Trinajstić information content (AvgIpc) is 3.16. The van der Waals surface area contributed by atoms with E-state index < -0.39 is 12.1 Å². The second-order valence-electron chi connectivity index (χ2n) is 9.94. The molecule has 2 saturated heterocycles. The number of nitrogens with one attached hydrogen (secondary N) is 2. The standard InChI is InChI=1S/C27H29ClN4O4/c1-17(33)32-16-27(20-14-19(28)7-8-23(20)32)9-11-31(12-10-27)24(34)15-22-26(36)29-21(25(35)30-22)13-18-5-3-2-4-6-18/h2-8,14,21-22H,9-13,15-16H2,1H3,(H,29,36)(H,30,35)/t21-,22-/m0/s1. The lowest BCUT2D eigenvalue weighted by molar-refractivity contribution is -0.141. The van der Waals surface area contributed by atoms with Gasteiger partial charge in [0.05, 0.1) is 6.42 Å². The van der Waals surface area contributed by atoms with Crippen LogP contribution < -0.4 is 15.5 Å². The number of carbonyl (C=O) groups is 4. The van der Waals surface area contributed by atoms with E-state index in [9.17, 15) is 19.2 Å². The molecule has 36 heavy (non-hydrogen) atoms. The number of carbonyl (C=O) groups excluding carboxylic acids is 4. The van der Waals surface area contributed by atoms with Crippen molar-refractivity contribution in [3.8, 4) is 0 Å². The van der Waals surface area contributed by atoms with Crippen LogP contribution in [0.3, 0.4) is 0 Å². The van der Waals surface area contributed by atoms with Crippen molar-refractivity contribution in [2.24, 2.45) is 0 Å². The van der Waals surface area contributed by atoms with Gasteiger partial charge in [-0.15, -0.1) is 0 Å². The summed E-state index contributed by atoms with van der Waals surface area (Å²) in [6.07, 6.45) is 1.71. The predicted octanol–water partition coefficient (Wildman–Crippen LogP) is 2.18. The fourth-order valence-electron chi connectivity index (χ4n) is 5.65. The maximum absolute atomic E-state index is 13.1. The Balaban J connectivity index is 1.20. The Hall–Kier alpha value is -3.39. The van der Waals surface area contributed by atoms with E-state index in [-0.39, 0.29) is 35.5 Å². The molecule has 0 bridgehead atoms. The summed E-state index contributed by atoms with van der Waals surface area (Å²) in [6, 6.07) is 13.6. The van der Waals surface area contributed by atoms with Gasteiger partial charge in [0.1, 0.15) is 12.1 Å². The Morgan fingerprint density at radius 3 is 2.36 bits per heavy atom. The van der Waals surface area contributed by atoms with Gasteiger partial charge in [-0.3, -0.25) is 19.2 Å².